The Labute approximate surface area is 128 Å². The number of hydrogen-bond acceptors (Lipinski definition) is 5. The van der Waals surface area contributed by atoms with Gasteiger partial charge in [-0.3, -0.25) is 4.79 Å². The van der Waals surface area contributed by atoms with Gasteiger partial charge >= 0.3 is 5.97 Å². The Kier molecular flexibility index (Phi) is 5.21. The Morgan fingerprint density at radius 3 is 2.59 bits per heavy atom. The van der Waals surface area contributed by atoms with Crippen molar-refractivity contribution >= 4 is 11.9 Å². The van der Waals surface area contributed by atoms with Crippen LogP contribution in [0.3, 0.4) is 0 Å². The van der Waals surface area contributed by atoms with Gasteiger partial charge in [-0.25, -0.2) is 4.79 Å². The first-order valence-electron chi connectivity index (χ1n) is 6.98. The summed E-state index contributed by atoms with van der Waals surface area (Å²) in [6.45, 7) is 2.85. The molecule has 0 bridgehead atoms. The Hall–Kier alpha value is -2.28. The van der Waals surface area contributed by atoms with Crippen LogP contribution < -0.4 is 9.47 Å². The van der Waals surface area contributed by atoms with Crippen molar-refractivity contribution in [1.82, 2.24) is 4.90 Å². The fourth-order valence-electron chi connectivity index (χ4n) is 2.10. The van der Waals surface area contributed by atoms with Crippen LogP contribution in [0.1, 0.15) is 17.3 Å². The maximum atomic E-state index is 12.3. The lowest BCUT2D eigenvalue weighted by atomic mass is 10.1. The molecule has 0 spiro atoms. The summed E-state index contributed by atoms with van der Waals surface area (Å²) in [5.41, 5.74) is 0.473. The first-order chi connectivity index (χ1) is 10.5. The van der Waals surface area contributed by atoms with Crippen LogP contribution in [0, 0.1) is 0 Å². The van der Waals surface area contributed by atoms with Gasteiger partial charge in [-0.05, 0) is 25.1 Å². The number of benzene rings is 1. The third kappa shape index (κ3) is 3.67. The van der Waals surface area contributed by atoms with Gasteiger partial charge < -0.3 is 24.2 Å². The molecule has 0 atom stereocenters. The summed E-state index contributed by atoms with van der Waals surface area (Å²) in [7, 11) is 1.62. The van der Waals surface area contributed by atoms with Crippen LogP contribution in [0.4, 0.5) is 0 Å². The maximum absolute atomic E-state index is 12.3. The van der Waals surface area contributed by atoms with Crippen LogP contribution in [0.2, 0.25) is 0 Å². The number of rotatable bonds is 7. The summed E-state index contributed by atoms with van der Waals surface area (Å²) in [5, 5.41) is 8.66. The largest absolute Gasteiger partial charge is 0.490 e. The minimum absolute atomic E-state index is 0.0912. The second-order valence-electron chi connectivity index (χ2n) is 4.84. The van der Waals surface area contributed by atoms with E-state index in [-0.39, 0.29) is 12.0 Å². The van der Waals surface area contributed by atoms with E-state index in [1.54, 1.807) is 37.1 Å². The third-order valence-electron chi connectivity index (χ3n) is 3.31. The van der Waals surface area contributed by atoms with E-state index in [2.05, 4.69) is 0 Å². The Balaban J connectivity index is 2.11. The second kappa shape index (κ2) is 7.13. The molecule has 1 aliphatic rings. The standard InChI is InChI=1S/C15H19NO6/c1-3-21-13-6-10(4-5-12(13)22-9-14(17)18)15(19)16-7-11(8-16)20-2/h4-6,11H,3,7-9H2,1-2H3,(H,17,18). The molecule has 2 rings (SSSR count). The first-order valence-corrected chi connectivity index (χ1v) is 6.98. The summed E-state index contributed by atoms with van der Waals surface area (Å²) >= 11 is 0. The van der Waals surface area contributed by atoms with Crippen molar-refractivity contribution in [2.45, 2.75) is 13.0 Å². The normalized spacial score (nSPS) is 14.4. The second-order valence-corrected chi connectivity index (χ2v) is 4.84. The Morgan fingerprint density at radius 2 is 2.00 bits per heavy atom. The molecule has 0 saturated carbocycles. The molecule has 1 heterocycles. The number of amides is 1. The molecule has 22 heavy (non-hydrogen) atoms. The molecule has 0 aromatic heterocycles. The molecule has 1 aromatic rings. The number of carbonyl (C=O) groups excluding carboxylic acids is 1. The monoisotopic (exact) mass is 309 g/mol. The van der Waals surface area contributed by atoms with E-state index in [4.69, 9.17) is 19.3 Å². The molecule has 1 saturated heterocycles. The van der Waals surface area contributed by atoms with Gasteiger partial charge in [-0.2, -0.15) is 0 Å². The lowest BCUT2D eigenvalue weighted by molar-refractivity contribution is -0.139. The van der Waals surface area contributed by atoms with Gasteiger partial charge in [0.25, 0.3) is 5.91 Å². The third-order valence-corrected chi connectivity index (χ3v) is 3.31. The molecular weight excluding hydrogens is 290 g/mol. The van der Waals surface area contributed by atoms with Crippen LogP contribution in [-0.4, -0.2) is 61.4 Å². The minimum Gasteiger partial charge on any atom is -0.490 e. The van der Waals surface area contributed by atoms with Gasteiger partial charge in [0, 0.05) is 25.8 Å². The van der Waals surface area contributed by atoms with Gasteiger partial charge in [0.2, 0.25) is 0 Å². The van der Waals surface area contributed by atoms with E-state index in [9.17, 15) is 9.59 Å². The van der Waals surface area contributed by atoms with E-state index < -0.39 is 12.6 Å². The average Bonchev–Trinajstić information content (AvgIpc) is 2.44. The van der Waals surface area contributed by atoms with Gasteiger partial charge in [0.05, 0.1) is 12.7 Å². The van der Waals surface area contributed by atoms with E-state index >= 15 is 0 Å². The number of aliphatic carboxylic acids is 1. The fourth-order valence-corrected chi connectivity index (χ4v) is 2.10. The molecule has 120 valence electrons. The topological polar surface area (TPSA) is 85.3 Å². The zero-order chi connectivity index (χ0) is 16.1. The Bertz CT molecular complexity index is 553. The smallest absolute Gasteiger partial charge is 0.341 e. The zero-order valence-corrected chi connectivity index (χ0v) is 12.6. The van der Waals surface area contributed by atoms with Crippen LogP contribution in [0.15, 0.2) is 18.2 Å². The van der Waals surface area contributed by atoms with Crippen molar-refractivity contribution in [3.05, 3.63) is 23.8 Å². The number of nitrogens with zero attached hydrogens (tertiary/aromatic N) is 1. The van der Waals surface area contributed by atoms with Crippen molar-refractivity contribution in [3.8, 4) is 11.5 Å². The molecule has 0 radical (unpaired) electrons. The number of hydrogen-bond donors (Lipinski definition) is 1. The highest BCUT2D eigenvalue weighted by Gasteiger charge is 2.31. The van der Waals surface area contributed by atoms with Gasteiger partial charge in [0.15, 0.2) is 18.1 Å². The molecule has 1 aliphatic heterocycles. The molecule has 1 N–H and O–H groups in total. The van der Waals surface area contributed by atoms with Gasteiger partial charge in [-0.1, -0.05) is 0 Å². The summed E-state index contributed by atoms with van der Waals surface area (Å²) in [4.78, 5) is 24.6. The number of carboxylic acid groups (broad SMARTS) is 1. The lowest BCUT2D eigenvalue weighted by Crippen LogP contribution is -2.54. The van der Waals surface area contributed by atoms with Crippen LogP contribution in [0.25, 0.3) is 0 Å². The lowest BCUT2D eigenvalue weighted by Gasteiger charge is -2.38. The zero-order valence-electron chi connectivity index (χ0n) is 12.6. The van der Waals surface area contributed by atoms with E-state index in [1.807, 2.05) is 0 Å². The SMILES string of the molecule is CCOc1cc(C(=O)N2CC(OC)C2)ccc1OCC(=O)O. The predicted molar refractivity (Wildman–Crippen MR) is 77.4 cm³/mol. The summed E-state index contributed by atoms with van der Waals surface area (Å²) in [6.07, 6.45) is 0.0912. The summed E-state index contributed by atoms with van der Waals surface area (Å²) in [6, 6.07) is 4.72. The van der Waals surface area contributed by atoms with Gasteiger partial charge in [-0.15, -0.1) is 0 Å². The molecule has 1 fully saturated rings. The molecule has 0 unspecified atom stereocenters. The van der Waals surface area contributed by atoms with Crippen LogP contribution >= 0.6 is 0 Å². The first kappa shape index (κ1) is 16.1. The number of ether oxygens (including phenoxy) is 3. The van der Waals surface area contributed by atoms with Crippen LogP contribution in [-0.2, 0) is 9.53 Å². The number of carboxylic acids is 1. The fraction of sp³-hybridized carbons (Fsp3) is 0.467. The number of carbonyl (C=O) groups is 2. The van der Waals surface area contributed by atoms with E-state index in [1.165, 1.54) is 0 Å². The predicted octanol–water partition coefficient (Wildman–Crippen LogP) is 1.02. The highest BCUT2D eigenvalue weighted by molar-refractivity contribution is 5.95. The average molecular weight is 309 g/mol. The highest BCUT2D eigenvalue weighted by Crippen LogP contribution is 2.29. The number of methoxy groups -OCH3 is 1. The number of likely N-dealkylation sites (tertiary alicyclic amines) is 1. The minimum atomic E-state index is -1.08. The Morgan fingerprint density at radius 1 is 1.27 bits per heavy atom. The molecule has 1 aromatic carbocycles. The van der Waals surface area contributed by atoms with E-state index in [0.717, 1.165) is 0 Å². The van der Waals surface area contributed by atoms with Crippen molar-refractivity contribution < 1.29 is 28.9 Å². The van der Waals surface area contributed by atoms with Gasteiger partial charge in [0.1, 0.15) is 0 Å². The molecule has 1 amide bonds. The summed E-state index contributed by atoms with van der Waals surface area (Å²) in [5.74, 6) is -0.523. The molecule has 0 aliphatic carbocycles. The van der Waals surface area contributed by atoms with E-state index in [0.29, 0.717) is 36.8 Å². The van der Waals surface area contributed by atoms with Crippen molar-refractivity contribution in [3.63, 3.8) is 0 Å². The van der Waals surface area contributed by atoms with Crippen molar-refractivity contribution in [1.29, 1.82) is 0 Å². The highest BCUT2D eigenvalue weighted by atomic mass is 16.5. The summed E-state index contributed by atoms with van der Waals surface area (Å²) < 4.78 is 15.7. The quantitative estimate of drug-likeness (QED) is 0.809. The van der Waals surface area contributed by atoms with Crippen molar-refractivity contribution in [2.24, 2.45) is 0 Å². The molecular formula is C15H19NO6. The molecule has 7 heteroatoms. The van der Waals surface area contributed by atoms with Crippen LogP contribution in [0.5, 0.6) is 11.5 Å². The van der Waals surface area contributed by atoms with Crippen molar-refractivity contribution in [2.75, 3.05) is 33.4 Å². The molecule has 7 nitrogen and oxygen atoms in total. The maximum Gasteiger partial charge on any atom is 0.341 e.